The van der Waals surface area contributed by atoms with Crippen LogP contribution in [0.1, 0.15) is 75.8 Å². The highest BCUT2D eigenvalue weighted by molar-refractivity contribution is 5.76. The Bertz CT molecular complexity index is 672. The summed E-state index contributed by atoms with van der Waals surface area (Å²) < 4.78 is 0. The van der Waals surface area contributed by atoms with Gasteiger partial charge in [-0.25, -0.2) is 0 Å². The SMILES string of the molecule is CC1CCCCC(N2c3ccccc3C(C)c3ccccc32)CCC1. The van der Waals surface area contributed by atoms with Crippen molar-refractivity contribution in [3.63, 3.8) is 0 Å². The summed E-state index contributed by atoms with van der Waals surface area (Å²) in [6.45, 7) is 4.80. The standard InChI is InChI=1S/C24H31N/c1-18-10-3-4-12-20(13-9-11-18)25-23-16-7-5-14-21(23)19(2)22-15-6-8-17-24(22)25/h5-8,14-20H,3-4,9-13H2,1-2H3. The van der Waals surface area contributed by atoms with E-state index in [1.807, 2.05) is 0 Å². The van der Waals surface area contributed by atoms with Crippen molar-refractivity contribution >= 4 is 11.4 Å². The van der Waals surface area contributed by atoms with Crippen molar-refractivity contribution in [1.82, 2.24) is 0 Å². The van der Waals surface area contributed by atoms with Gasteiger partial charge in [-0.1, -0.05) is 82.3 Å². The van der Waals surface area contributed by atoms with E-state index in [0.717, 1.165) is 5.92 Å². The molecule has 0 N–H and O–H groups in total. The third-order valence-electron chi connectivity index (χ3n) is 6.41. The number of hydrogen-bond donors (Lipinski definition) is 0. The monoisotopic (exact) mass is 333 g/mol. The van der Waals surface area contributed by atoms with Gasteiger partial charge in [0.2, 0.25) is 0 Å². The molecule has 4 rings (SSSR count). The molecule has 2 atom stereocenters. The van der Waals surface area contributed by atoms with Crippen molar-refractivity contribution in [3.05, 3.63) is 59.7 Å². The summed E-state index contributed by atoms with van der Waals surface area (Å²) >= 11 is 0. The highest BCUT2D eigenvalue weighted by atomic mass is 15.2. The first kappa shape index (κ1) is 16.7. The highest BCUT2D eigenvalue weighted by Gasteiger charge is 2.31. The average Bonchev–Trinajstić information content (AvgIpc) is 2.74. The van der Waals surface area contributed by atoms with E-state index in [0.29, 0.717) is 12.0 Å². The number of fused-ring (bicyclic) bond motifs is 2. The second kappa shape index (κ2) is 7.23. The molecule has 0 saturated heterocycles. The largest absolute Gasteiger partial charge is 0.338 e. The van der Waals surface area contributed by atoms with Crippen LogP contribution < -0.4 is 4.90 Å². The minimum absolute atomic E-state index is 0.486. The number of rotatable bonds is 1. The minimum Gasteiger partial charge on any atom is -0.338 e. The van der Waals surface area contributed by atoms with Gasteiger partial charge < -0.3 is 4.90 Å². The summed E-state index contributed by atoms with van der Waals surface area (Å²) in [5, 5.41) is 0. The van der Waals surface area contributed by atoms with Crippen molar-refractivity contribution in [3.8, 4) is 0 Å². The Morgan fingerprint density at radius 3 is 1.88 bits per heavy atom. The molecular weight excluding hydrogens is 302 g/mol. The molecule has 1 aliphatic heterocycles. The molecule has 1 nitrogen and oxygen atoms in total. The van der Waals surface area contributed by atoms with E-state index in [-0.39, 0.29) is 0 Å². The van der Waals surface area contributed by atoms with Crippen LogP contribution in [0.15, 0.2) is 48.5 Å². The Morgan fingerprint density at radius 1 is 0.680 bits per heavy atom. The third-order valence-corrected chi connectivity index (χ3v) is 6.41. The molecule has 2 aromatic carbocycles. The fourth-order valence-electron chi connectivity index (χ4n) is 4.96. The molecule has 1 heterocycles. The zero-order valence-electron chi connectivity index (χ0n) is 15.7. The number of anilines is 2. The first-order valence-corrected chi connectivity index (χ1v) is 10.2. The molecule has 0 aromatic heterocycles. The molecule has 1 fully saturated rings. The van der Waals surface area contributed by atoms with Crippen LogP contribution in [-0.4, -0.2) is 6.04 Å². The molecular formula is C24H31N. The van der Waals surface area contributed by atoms with Crippen molar-refractivity contribution in [2.45, 2.75) is 70.8 Å². The van der Waals surface area contributed by atoms with Gasteiger partial charge in [0.1, 0.15) is 0 Å². The van der Waals surface area contributed by atoms with Gasteiger partial charge in [-0.3, -0.25) is 0 Å². The van der Waals surface area contributed by atoms with Gasteiger partial charge in [-0.2, -0.15) is 0 Å². The third kappa shape index (κ3) is 3.21. The van der Waals surface area contributed by atoms with Crippen LogP contribution in [0.5, 0.6) is 0 Å². The van der Waals surface area contributed by atoms with Crippen LogP contribution in [-0.2, 0) is 0 Å². The van der Waals surface area contributed by atoms with E-state index in [2.05, 4.69) is 67.3 Å². The van der Waals surface area contributed by atoms with Crippen molar-refractivity contribution < 1.29 is 0 Å². The van der Waals surface area contributed by atoms with E-state index in [9.17, 15) is 0 Å². The Balaban J connectivity index is 1.74. The maximum absolute atomic E-state index is 2.70. The van der Waals surface area contributed by atoms with Gasteiger partial charge >= 0.3 is 0 Å². The van der Waals surface area contributed by atoms with Crippen LogP contribution >= 0.6 is 0 Å². The first-order chi connectivity index (χ1) is 12.3. The maximum atomic E-state index is 2.70. The van der Waals surface area contributed by atoms with Crippen LogP contribution in [0.2, 0.25) is 0 Å². The molecule has 1 aliphatic carbocycles. The summed E-state index contributed by atoms with van der Waals surface area (Å²) in [6, 6.07) is 18.8. The van der Waals surface area contributed by atoms with Gasteiger partial charge in [0.15, 0.2) is 0 Å². The predicted octanol–water partition coefficient (Wildman–Crippen LogP) is 7.04. The second-order valence-electron chi connectivity index (χ2n) is 8.18. The Labute approximate surface area is 153 Å². The highest BCUT2D eigenvalue weighted by Crippen LogP contribution is 2.47. The predicted molar refractivity (Wildman–Crippen MR) is 108 cm³/mol. The lowest BCUT2D eigenvalue weighted by atomic mass is 9.84. The molecule has 1 heteroatoms. The lowest BCUT2D eigenvalue weighted by molar-refractivity contribution is 0.461. The first-order valence-electron chi connectivity index (χ1n) is 10.2. The molecule has 0 bridgehead atoms. The number of para-hydroxylation sites is 2. The molecule has 0 amide bonds. The van der Waals surface area contributed by atoms with Crippen molar-refractivity contribution in [1.29, 1.82) is 0 Å². The van der Waals surface area contributed by atoms with Crippen molar-refractivity contribution in [2.24, 2.45) is 5.92 Å². The summed E-state index contributed by atoms with van der Waals surface area (Å²) in [4.78, 5) is 2.70. The molecule has 0 radical (unpaired) electrons. The van der Waals surface area contributed by atoms with Crippen LogP contribution in [0, 0.1) is 5.92 Å². The maximum Gasteiger partial charge on any atom is 0.0452 e. The van der Waals surface area contributed by atoms with E-state index < -0.39 is 0 Å². The lowest BCUT2D eigenvalue weighted by Crippen LogP contribution is -2.35. The quantitative estimate of drug-likeness (QED) is 0.541. The Kier molecular flexibility index (Phi) is 4.83. The summed E-state index contributed by atoms with van der Waals surface area (Å²) in [5.41, 5.74) is 5.89. The molecule has 2 aliphatic rings. The topological polar surface area (TPSA) is 3.24 Å². The Morgan fingerprint density at radius 2 is 1.20 bits per heavy atom. The van der Waals surface area contributed by atoms with Gasteiger partial charge in [-0.05, 0) is 42.0 Å². The van der Waals surface area contributed by atoms with Gasteiger partial charge in [0, 0.05) is 23.3 Å². The zero-order chi connectivity index (χ0) is 17.2. The van der Waals surface area contributed by atoms with Crippen LogP contribution in [0.3, 0.4) is 0 Å². The fourth-order valence-corrected chi connectivity index (χ4v) is 4.96. The van der Waals surface area contributed by atoms with Gasteiger partial charge in [0.05, 0.1) is 0 Å². The normalized spacial score (nSPS) is 24.6. The van der Waals surface area contributed by atoms with E-state index in [1.54, 1.807) is 0 Å². The number of hydrogen-bond acceptors (Lipinski definition) is 1. The summed E-state index contributed by atoms with van der Waals surface area (Å²) in [6.07, 6.45) is 9.57. The molecule has 0 spiro atoms. The van der Waals surface area contributed by atoms with Crippen LogP contribution in [0.4, 0.5) is 11.4 Å². The molecule has 132 valence electrons. The smallest absolute Gasteiger partial charge is 0.0452 e. The minimum atomic E-state index is 0.486. The molecule has 2 unspecified atom stereocenters. The van der Waals surface area contributed by atoms with Crippen molar-refractivity contribution in [2.75, 3.05) is 4.90 Å². The summed E-state index contributed by atoms with van der Waals surface area (Å²) in [5.74, 6) is 1.39. The summed E-state index contributed by atoms with van der Waals surface area (Å²) in [7, 11) is 0. The zero-order valence-corrected chi connectivity index (χ0v) is 15.7. The van der Waals surface area contributed by atoms with E-state index in [4.69, 9.17) is 0 Å². The molecule has 25 heavy (non-hydrogen) atoms. The van der Waals surface area contributed by atoms with Gasteiger partial charge in [0.25, 0.3) is 0 Å². The Hall–Kier alpha value is -1.76. The van der Waals surface area contributed by atoms with Gasteiger partial charge in [-0.15, -0.1) is 0 Å². The lowest BCUT2D eigenvalue weighted by Gasteiger charge is -2.41. The molecule has 1 saturated carbocycles. The van der Waals surface area contributed by atoms with E-state index >= 15 is 0 Å². The molecule has 2 aromatic rings. The van der Waals surface area contributed by atoms with E-state index in [1.165, 1.54) is 67.4 Å². The number of benzene rings is 2. The van der Waals surface area contributed by atoms with Crippen LogP contribution in [0.25, 0.3) is 0 Å². The fraction of sp³-hybridized carbons (Fsp3) is 0.500. The second-order valence-corrected chi connectivity index (χ2v) is 8.18. The average molecular weight is 334 g/mol. The number of nitrogens with zero attached hydrogens (tertiary/aromatic N) is 1.